The molecule has 0 spiro atoms. The highest BCUT2D eigenvalue weighted by Gasteiger charge is 2.36. The van der Waals surface area contributed by atoms with Crippen molar-refractivity contribution in [2.45, 2.75) is 18.6 Å². The number of nitrogens with one attached hydrogen (secondary N) is 2. The van der Waals surface area contributed by atoms with Gasteiger partial charge in [-0.05, 0) is 42.3 Å². The summed E-state index contributed by atoms with van der Waals surface area (Å²) in [5.41, 5.74) is 7.72. The number of nitrogens with two attached hydrogens (primary N) is 1. The first-order valence-electron chi connectivity index (χ1n) is 9.45. The van der Waals surface area contributed by atoms with Crippen LogP contribution in [0.25, 0.3) is 10.9 Å². The fourth-order valence-electron chi connectivity index (χ4n) is 3.92. The molecule has 0 radical (unpaired) electrons. The van der Waals surface area contributed by atoms with E-state index in [9.17, 15) is 18.0 Å². The second-order valence-corrected chi connectivity index (χ2v) is 8.10. The van der Waals surface area contributed by atoms with E-state index in [1.807, 2.05) is 17.0 Å². The van der Waals surface area contributed by atoms with Crippen LogP contribution in [0.4, 0.5) is 19.0 Å². The second kappa shape index (κ2) is 8.31. The molecule has 0 saturated heterocycles. The van der Waals surface area contributed by atoms with E-state index in [1.165, 1.54) is 6.07 Å². The third-order valence-corrected chi connectivity index (χ3v) is 5.82. The zero-order valence-electron chi connectivity index (χ0n) is 16.1. The molecule has 4 N–H and O–H groups in total. The molecule has 0 bridgehead atoms. The number of carbonyl (C=O) groups is 1. The van der Waals surface area contributed by atoms with Crippen LogP contribution in [0.3, 0.4) is 0 Å². The number of carbonyl (C=O) groups excluding carboxylic acids is 1. The zero-order valence-corrected chi connectivity index (χ0v) is 17.6. The Hall–Kier alpha value is -2.33. The van der Waals surface area contributed by atoms with Crippen molar-refractivity contribution in [3.05, 3.63) is 57.3 Å². The van der Waals surface area contributed by atoms with Gasteiger partial charge in [0.15, 0.2) is 5.69 Å². The summed E-state index contributed by atoms with van der Waals surface area (Å²) in [6.07, 6.45) is -4.04. The Balaban J connectivity index is 1.52. The van der Waals surface area contributed by atoms with Gasteiger partial charge < -0.3 is 16.0 Å². The van der Waals surface area contributed by atoms with E-state index in [-0.39, 0.29) is 24.9 Å². The number of nitrogens with zero attached hydrogens (tertiary/aromatic N) is 2. The first-order chi connectivity index (χ1) is 14.7. The van der Waals surface area contributed by atoms with Gasteiger partial charge in [0.25, 0.3) is 0 Å². The van der Waals surface area contributed by atoms with E-state index in [0.717, 1.165) is 28.2 Å². The minimum absolute atomic E-state index is 0.0525. The maximum absolute atomic E-state index is 13.0. The molecule has 0 fully saturated rings. The Labute approximate surface area is 185 Å². The van der Waals surface area contributed by atoms with Gasteiger partial charge in [0.05, 0.1) is 17.6 Å². The van der Waals surface area contributed by atoms with E-state index in [0.29, 0.717) is 18.0 Å². The molecule has 0 saturated carbocycles. The molecule has 11 heteroatoms. The van der Waals surface area contributed by atoms with Crippen LogP contribution in [0.5, 0.6) is 0 Å². The van der Waals surface area contributed by atoms with E-state index < -0.39 is 22.8 Å². The van der Waals surface area contributed by atoms with Gasteiger partial charge in [-0.15, -0.1) is 0 Å². The molecule has 31 heavy (non-hydrogen) atoms. The van der Waals surface area contributed by atoms with Gasteiger partial charge in [-0.3, -0.25) is 9.69 Å². The molecule has 1 aliphatic heterocycles. The summed E-state index contributed by atoms with van der Waals surface area (Å²) in [5, 5.41) is 3.54. The van der Waals surface area contributed by atoms with E-state index in [2.05, 4.69) is 15.3 Å². The van der Waals surface area contributed by atoms with E-state index in [4.69, 9.17) is 28.9 Å². The number of H-pyrrole nitrogens is 1. The number of hydrogen-bond acceptors (Lipinski definition) is 4. The number of rotatable bonds is 4. The number of anilines is 1. The molecular formula is C20H18Cl2F3N5O. The summed E-state index contributed by atoms with van der Waals surface area (Å²) >= 11 is 11.7. The van der Waals surface area contributed by atoms with Crippen molar-refractivity contribution < 1.29 is 18.0 Å². The molecule has 164 valence electrons. The van der Waals surface area contributed by atoms with Gasteiger partial charge in [0.1, 0.15) is 5.82 Å². The van der Waals surface area contributed by atoms with Crippen molar-refractivity contribution in [2.24, 2.45) is 5.73 Å². The van der Waals surface area contributed by atoms with Gasteiger partial charge in [-0.1, -0.05) is 23.2 Å². The molecular weight excluding hydrogens is 454 g/mol. The summed E-state index contributed by atoms with van der Waals surface area (Å²) in [4.78, 5) is 21.2. The van der Waals surface area contributed by atoms with Gasteiger partial charge >= 0.3 is 6.18 Å². The molecule has 3 heterocycles. The van der Waals surface area contributed by atoms with Crippen molar-refractivity contribution in [3.63, 3.8) is 0 Å². The summed E-state index contributed by atoms with van der Waals surface area (Å²) in [6, 6.07) is 7.62. The Kier molecular flexibility index (Phi) is 5.87. The van der Waals surface area contributed by atoms with Crippen molar-refractivity contribution >= 4 is 45.8 Å². The van der Waals surface area contributed by atoms with Crippen LogP contribution < -0.4 is 11.1 Å². The lowest BCUT2D eigenvalue weighted by molar-refractivity contribution is -0.141. The normalized spacial score (nSPS) is 17.0. The number of alkyl halides is 3. The number of fused-ring (bicyclic) bond motifs is 3. The maximum Gasteiger partial charge on any atom is 0.434 e. The van der Waals surface area contributed by atoms with Gasteiger partial charge in [0, 0.05) is 34.7 Å². The summed E-state index contributed by atoms with van der Waals surface area (Å²) in [5.74, 6) is -0.715. The monoisotopic (exact) mass is 471 g/mol. The molecule has 3 aromatic rings. The lowest BCUT2D eigenvalue weighted by Gasteiger charge is -2.34. The molecule has 2 aromatic heterocycles. The minimum atomic E-state index is -4.72. The van der Waals surface area contributed by atoms with Crippen LogP contribution in [-0.2, 0) is 17.4 Å². The number of benzene rings is 1. The van der Waals surface area contributed by atoms with Crippen LogP contribution in [0.2, 0.25) is 10.0 Å². The highest BCUT2D eigenvalue weighted by Crippen LogP contribution is 2.36. The smallest absolute Gasteiger partial charge is 0.357 e. The largest absolute Gasteiger partial charge is 0.434 e. The van der Waals surface area contributed by atoms with Crippen LogP contribution in [0.15, 0.2) is 30.3 Å². The molecule has 1 amide bonds. The van der Waals surface area contributed by atoms with Crippen LogP contribution in [0.1, 0.15) is 23.0 Å². The number of amides is 1. The Morgan fingerprint density at radius 3 is 2.77 bits per heavy atom. The maximum atomic E-state index is 13.0. The van der Waals surface area contributed by atoms with E-state index in [1.54, 1.807) is 6.07 Å². The molecule has 0 aliphatic carbocycles. The third-order valence-electron chi connectivity index (χ3n) is 5.28. The number of hydrogen-bond donors (Lipinski definition) is 3. The van der Waals surface area contributed by atoms with E-state index >= 15 is 0 Å². The number of aromatic amines is 1. The predicted octanol–water partition coefficient (Wildman–Crippen LogP) is 4.39. The standard InChI is InChI=1S/C20H18Cl2F3N5O/c21-10-1-3-14-12(7-10)11-5-6-30(15(8-26)18(11)27-14)9-17(31)28-16-4-2-13(22)19(29-16)20(23,24)25/h1-4,7,15,27H,5-6,8-9,26H2,(H,28,29,31). The Morgan fingerprint density at radius 2 is 2.06 bits per heavy atom. The number of halogens is 5. The summed E-state index contributed by atoms with van der Waals surface area (Å²) in [7, 11) is 0. The van der Waals surface area contributed by atoms with Crippen molar-refractivity contribution in [1.29, 1.82) is 0 Å². The molecule has 6 nitrogen and oxygen atoms in total. The molecule has 1 aromatic carbocycles. The van der Waals surface area contributed by atoms with Gasteiger partial charge in [-0.2, -0.15) is 13.2 Å². The van der Waals surface area contributed by atoms with Gasteiger partial charge in [-0.25, -0.2) is 4.98 Å². The van der Waals surface area contributed by atoms with Crippen molar-refractivity contribution in [3.8, 4) is 0 Å². The Morgan fingerprint density at radius 1 is 1.29 bits per heavy atom. The lowest BCUT2D eigenvalue weighted by Crippen LogP contribution is -2.43. The average Bonchev–Trinajstić information content (AvgIpc) is 3.06. The minimum Gasteiger partial charge on any atom is -0.357 e. The lowest BCUT2D eigenvalue weighted by atomic mass is 9.97. The Bertz CT molecular complexity index is 1150. The summed E-state index contributed by atoms with van der Waals surface area (Å²) < 4.78 is 39.0. The molecule has 1 atom stereocenters. The SMILES string of the molecule is NCC1c2[nH]c3ccc(Cl)cc3c2CCN1CC(=O)Nc1ccc(Cl)c(C(F)(F)F)n1. The molecule has 4 rings (SSSR count). The molecule has 1 aliphatic rings. The fourth-order valence-corrected chi connectivity index (χ4v) is 4.31. The van der Waals surface area contributed by atoms with Crippen LogP contribution >= 0.6 is 23.2 Å². The first kappa shape index (κ1) is 21.9. The van der Waals surface area contributed by atoms with Gasteiger partial charge in [0.2, 0.25) is 5.91 Å². The second-order valence-electron chi connectivity index (χ2n) is 7.25. The quantitative estimate of drug-likeness (QED) is 0.526. The van der Waals surface area contributed by atoms with Crippen molar-refractivity contribution in [1.82, 2.24) is 14.9 Å². The topological polar surface area (TPSA) is 87.0 Å². The fraction of sp³-hybridized carbons (Fsp3) is 0.300. The number of pyridine rings is 1. The highest BCUT2D eigenvalue weighted by molar-refractivity contribution is 6.31. The molecule has 1 unspecified atom stereocenters. The highest BCUT2D eigenvalue weighted by atomic mass is 35.5. The number of aromatic nitrogens is 2. The van der Waals surface area contributed by atoms with Crippen molar-refractivity contribution in [2.75, 3.05) is 25.0 Å². The first-order valence-corrected chi connectivity index (χ1v) is 10.2. The summed E-state index contributed by atoms with van der Waals surface area (Å²) in [6.45, 7) is 0.769. The van der Waals surface area contributed by atoms with Crippen LogP contribution in [-0.4, -0.2) is 40.4 Å². The van der Waals surface area contributed by atoms with Crippen LogP contribution in [0, 0.1) is 0 Å². The predicted molar refractivity (Wildman–Crippen MR) is 113 cm³/mol. The zero-order chi connectivity index (χ0) is 22.3. The average molecular weight is 472 g/mol. The third kappa shape index (κ3) is 4.36.